The number of anilines is 1. The fourth-order valence-electron chi connectivity index (χ4n) is 3.76. The lowest BCUT2D eigenvalue weighted by atomic mass is 10.1. The fourth-order valence-corrected chi connectivity index (χ4v) is 4.38. The summed E-state index contributed by atoms with van der Waals surface area (Å²) < 4.78 is 36.6. The van der Waals surface area contributed by atoms with E-state index in [2.05, 4.69) is 14.8 Å². The number of hydrogen-bond donors (Lipinski definition) is 1. The minimum atomic E-state index is -3.44. The van der Waals surface area contributed by atoms with Crippen LogP contribution in [0.25, 0.3) is 39.2 Å². The van der Waals surface area contributed by atoms with Crippen LogP contribution in [-0.4, -0.2) is 33.5 Å². The van der Waals surface area contributed by atoms with Crippen LogP contribution in [0.1, 0.15) is 12.7 Å². The van der Waals surface area contributed by atoms with Gasteiger partial charge in [-0.25, -0.2) is 13.4 Å². The van der Waals surface area contributed by atoms with Gasteiger partial charge in [-0.15, -0.1) is 0 Å². The Balaban J connectivity index is 1.63. The van der Waals surface area contributed by atoms with Gasteiger partial charge in [0.05, 0.1) is 28.7 Å². The van der Waals surface area contributed by atoms with Crippen molar-refractivity contribution in [2.24, 2.45) is 7.05 Å². The van der Waals surface area contributed by atoms with Crippen molar-refractivity contribution in [1.29, 1.82) is 0 Å². The lowest BCUT2D eigenvalue weighted by molar-refractivity contribution is 0.548. The van der Waals surface area contributed by atoms with Crippen LogP contribution in [0.3, 0.4) is 0 Å². The molecule has 1 N–H and O–H groups in total. The SMILES string of the molecule is CCS(=O)(=O)Nc1cc(-c2ccc(C)o2)cc(-n2cnc3cc(-c4cnn(C)c4)ccc32)c1. The van der Waals surface area contributed by atoms with Crippen molar-refractivity contribution >= 4 is 26.7 Å². The zero-order valence-corrected chi connectivity index (χ0v) is 19.3. The summed E-state index contributed by atoms with van der Waals surface area (Å²) in [7, 11) is -1.56. The van der Waals surface area contributed by atoms with Gasteiger partial charge in [0.15, 0.2) is 0 Å². The molecule has 0 aliphatic heterocycles. The Morgan fingerprint density at radius 2 is 1.88 bits per heavy atom. The van der Waals surface area contributed by atoms with E-state index in [9.17, 15) is 8.42 Å². The molecular weight excluding hydrogens is 438 g/mol. The molecule has 0 bridgehead atoms. The molecule has 0 spiro atoms. The van der Waals surface area contributed by atoms with E-state index < -0.39 is 10.0 Å². The number of hydrogen-bond acceptors (Lipinski definition) is 5. The number of rotatable bonds is 6. The highest BCUT2D eigenvalue weighted by Crippen LogP contribution is 2.31. The number of imidazole rings is 1. The zero-order chi connectivity index (χ0) is 23.2. The summed E-state index contributed by atoms with van der Waals surface area (Å²) in [5, 5.41) is 4.24. The quantitative estimate of drug-likeness (QED) is 0.394. The highest BCUT2D eigenvalue weighted by atomic mass is 32.2. The van der Waals surface area contributed by atoms with Crippen molar-refractivity contribution in [3.05, 3.63) is 73.0 Å². The largest absolute Gasteiger partial charge is 0.461 e. The van der Waals surface area contributed by atoms with E-state index in [-0.39, 0.29) is 5.75 Å². The highest BCUT2D eigenvalue weighted by Gasteiger charge is 2.14. The van der Waals surface area contributed by atoms with Crippen LogP contribution in [-0.2, 0) is 17.1 Å². The number of fused-ring (bicyclic) bond motifs is 1. The lowest BCUT2D eigenvalue weighted by Crippen LogP contribution is -2.14. The minimum Gasteiger partial charge on any atom is -0.461 e. The normalized spacial score (nSPS) is 11.8. The number of aryl methyl sites for hydroxylation is 2. The molecule has 0 atom stereocenters. The van der Waals surface area contributed by atoms with Crippen LogP contribution in [0.4, 0.5) is 5.69 Å². The molecule has 0 amide bonds. The van der Waals surface area contributed by atoms with Gasteiger partial charge in [0.2, 0.25) is 10.0 Å². The first kappa shape index (κ1) is 21.0. The van der Waals surface area contributed by atoms with Gasteiger partial charge in [-0.2, -0.15) is 5.10 Å². The Hall–Kier alpha value is -3.85. The summed E-state index contributed by atoms with van der Waals surface area (Å²) in [5.41, 5.74) is 5.77. The number of sulfonamides is 1. The minimum absolute atomic E-state index is 0.0163. The van der Waals surface area contributed by atoms with Crippen LogP contribution in [0.15, 0.2) is 71.7 Å². The molecule has 3 heterocycles. The number of aromatic nitrogens is 4. The number of nitrogens with one attached hydrogen (secondary N) is 1. The van der Waals surface area contributed by atoms with Crippen molar-refractivity contribution in [3.8, 4) is 28.1 Å². The summed E-state index contributed by atoms with van der Waals surface area (Å²) in [6, 6.07) is 15.3. The van der Waals surface area contributed by atoms with Crippen LogP contribution >= 0.6 is 0 Å². The molecular formula is C24H23N5O3S. The van der Waals surface area contributed by atoms with Crippen molar-refractivity contribution in [1.82, 2.24) is 19.3 Å². The third-order valence-corrected chi connectivity index (χ3v) is 6.77. The topological polar surface area (TPSA) is 95.0 Å². The van der Waals surface area contributed by atoms with E-state index in [0.717, 1.165) is 39.2 Å². The fraction of sp³-hybridized carbons (Fsp3) is 0.167. The maximum atomic E-state index is 12.2. The third kappa shape index (κ3) is 4.14. The zero-order valence-electron chi connectivity index (χ0n) is 18.5. The van der Waals surface area contributed by atoms with Crippen LogP contribution in [0, 0.1) is 6.92 Å². The van der Waals surface area contributed by atoms with E-state index in [4.69, 9.17) is 4.42 Å². The standard InChI is InChI=1S/C24H23N5O3S/c1-4-33(30,31)27-20-9-18(24-8-5-16(2)32-24)10-21(12-20)29-15-25-22-11-17(6-7-23(22)29)19-13-26-28(3)14-19/h5-15,27H,4H2,1-3H3. The van der Waals surface area contributed by atoms with Crippen LogP contribution < -0.4 is 4.72 Å². The van der Waals surface area contributed by atoms with Crippen LogP contribution in [0.2, 0.25) is 0 Å². The predicted molar refractivity (Wildman–Crippen MR) is 129 cm³/mol. The van der Waals surface area contributed by atoms with Gasteiger partial charge in [-0.05, 0) is 61.9 Å². The number of benzene rings is 2. The number of nitrogens with zero attached hydrogens (tertiary/aromatic N) is 4. The maximum Gasteiger partial charge on any atom is 0.232 e. The van der Waals surface area contributed by atoms with Gasteiger partial charge >= 0.3 is 0 Å². The Bertz CT molecular complexity index is 1580. The van der Waals surface area contributed by atoms with Gasteiger partial charge in [0.1, 0.15) is 17.8 Å². The summed E-state index contributed by atoms with van der Waals surface area (Å²) >= 11 is 0. The molecule has 5 aromatic rings. The van der Waals surface area contributed by atoms with Gasteiger partial charge in [0.25, 0.3) is 0 Å². The average molecular weight is 462 g/mol. The van der Waals surface area contributed by atoms with Gasteiger partial charge in [-0.1, -0.05) is 6.07 Å². The molecule has 0 fully saturated rings. The molecule has 0 radical (unpaired) electrons. The molecule has 0 aliphatic rings. The first-order valence-corrected chi connectivity index (χ1v) is 12.2. The monoisotopic (exact) mass is 461 g/mol. The van der Waals surface area contributed by atoms with E-state index >= 15 is 0 Å². The number of furan rings is 1. The third-order valence-electron chi connectivity index (χ3n) is 5.46. The average Bonchev–Trinajstić information content (AvgIpc) is 3.52. The maximum absolute atomic E-state index is 12.2. The van der Waals surface area contributed by atoms with Crippen molar-refractivity contribution in [2.75, 3.05) is 10.5 Å². The molecule has 3 aromatic heterocycles. The van der Waals surface area contributed by atoms with E-state index in [0.29, 0.717) is 11.4 Å². The Morgan fingerprint density at radius 1 is 1.03 bits per heavy atom. The molecule has 33 heavy (non-hydrogen) atoms. The lowest BCUT2D eigenvalue weighted by Gasteiger charge is -2.12. The second-order valence-electron chi connectivity index (χ2n) is 7.91. The van der Waals surface area contributed by atoms with Gasteiger partial charge in [-0.3, -0.25) is 14.0 Å². The van der Waals surface area contributed by atoms with Crippen LogP contribution in [0.5, 0.6) is 0 Å². The van der Waals surface area contributed by atoms with Crippen molar-refractivity contribution in [2.45, 2.75) is 13.8 Å². The Kier molecular flexibility index (Phi) is 5.05. The molecule has 5 rings (SSSR count). The first-order valence-electron chi connectivity index (χ1n) is 10.5. The summed E-state index contributed by atoms with van der Waals surface area (Å²) in [6.07, 6.45) is 5.51. The smallest absolute Gasteiger partial charge is 0.232 e. The van der Waals surface area contributed by atoms with Crippen molar-refractivity contribution < 1.29 is 12.8 Å². The second kappa shape index (κ2) is 7.93. The molecule has 0 unspecified atom stereocenters. The highest BCUT2D eigenvalue weighted by molar-refractivity contribution is 7.92. The summed E-state index contributed by atoms with van der Waals surface area (Å²) in [5.74, 6) is 1.43. The summed E-state index contributed by atoms with van der Waals surface area (Å²) in [4.78, 5) is 4.59. The molecule has 2 aromatic carbocycles. The van der Waals surface area contributed by atoms with Gasteiger partial charge < -0.3 is 4.42 Å². The van der Waals surface area contributed by atoms with E-state index in [1.165, 1.54) is 0 Å². The Labute approximate surface area is 191 Å². The van der Waals surface area contributed by atoms with E-state index in [1.54, 1.807) is 30.1 Å². The molecule has 0 saturated carbocycles. The molecule has 0 aliphatic carbocycles. The predicted octanol–water partition coefficient (Wildman–Crippen LogP) is 4.76. The van der Waals surface area contributed by atoms with E-state index in [1.807, 2.05) is 67.3 Å². The first-order chi connectivity index (χ1) is 15.8. The van der Waals surface area contributed by atoms with Gasteiger partial charge in [0, 0.05) is 30.1 Å². The second-order valence-corrected chi connectivity index (χ2v) is 9.92. The Morgan fingerprint density at radius 3 is 2.58 bits per heavy atom. The van der Waals surface area contributed by atoms with Crippen molar-refractivity contribution in [3.63, 3.8) is 0 Å². The molecule has 8 nitrogen and oxygen atoms in total. The molecule has 168 valence electrons. The summed E-state index contributed by atoms with van der Waals surface area (Å²) in [6.45, 7) is 3.48. The molecule has 0 saturated heterocycles. The molecule has 9 heteroatoms.